The molecule has 0 fully saturated rings. The Morgan fingerprint density at radius 3 is 1.14 bits per heavy atom. The van der Waals surface area contributed by atoms with E-state index in [4.69, 9.17) is 9.18 Å². The normalized spacial score (nSPS) is 3.71. The Hall–Kier alpha value is 3.52. The van der Waals surface area contributed by atoms with Crippen LogP contribution in [-0.2, 0) is 30.9 Å². The van der Waals surface area contributed by atoms with Crippen LogP contribution in [0.15, 0.2) is 0 Å². The summed E-state index contributed by atoms with van der Waals surface area (Å²) < 4.78 is 25.8. The molecule has 0 aromatic carbocycles. The van der Waals surface area contributed by atoms with Crippen molar-refractivity contribution in [2.45, 2.75) is 0 Å². The van der Waals surface area contributed by atoms with Gasteiger partial charge in [0.25, 0.3) is 0 Å². The van der Waals surface area contributed by atoms with E-state index >= 15 is 0 Å². The largest absolute Gasteiger partial charge is 2.00 e. The van der Waals surface area contributed by atoms with E-state index in [1.165, 1.54) is 0 Å². The fourth-order valence-electron chi connectivity index (χ4n) is 0. The van der Waals surface area contributed by atoms with Crippen LogP contribution < -0.4 is 6.37 Å². The second kappa shape index (κ2) is 16.3. The average molecular weight is 330 g/mol. The number of hydrogen-bond donors (Lipinski definition) is 0. The number of rotatable bonds is 0. The average Bonchev–Trinajstić information content (AvgIpc) is 0.811. The topological polar surface area (TPSA) is 91.7 Å². The molecule has 0 aliphatic rings. The van der Waals surface area contributed by atoms with Crippen LogP contribution >= 0.6 is 0 Å². The van der Waals surface area contributed by atoms with Crippen LogP contribution in [0.4, 0.5) is 0 Å². The van der Waals surface area contributed by atoms with Crippen molar-refractivity contribution in [1.29, 1.82) is 0 Å². The maximum absolute atomic E-state index is 8.61. The standard InChI is InChI=1S/4O.2Sr.Zr/q;-2;2*-1;2*+2;. The van der Waals surface area contributed by atoms with E-state index in [9.17, 15) is 0 Å². The van der Waals surface area contributed by atoms with Crippen LogP contribution in [0.25, 0.3) is 0 Å². The van der Waals surface area contributed by atoms with Crippen LogP contribution in [0.3, 0.4) is 0 Å². The van der Waals surface area contributed by atoms with Gasteiger partial charge < -0.3 is 5.48 Å². The fraction of sp³-hybridized carbons (Fsp3) is 0. The van der Waals surface area contributed by atoms with Crippen molar-refractivity contribution in [2.75, 3.05) is 0 Å². The molecule has 7 heavy (non-hydrogen) atoms. The van der Waals surface area contributed by atoms with Gasteiger partial charge in [0.2, 0.25) is 0 Å². The van der Waals surface area contributed by atoms with Crippen molar-refractivity contribution < 1.29 is 37.3 Å². The van der Waals surface area contributed by atoms with Gasteiger partial charge in [-0.15, -0.1) is 0 Å². The molecule has 0 aliphatic heterocycles. The first-order valence-corrected chi connectivity index (χ1v) is 3.62. The van der Waals surface area contributed by atoms with Gasteiger partial charge in [-0.05, 0) is 0 Å². The van der Waals surface area contributed by atoms with Gasteiger partial charge in [-0.1, -0.05) is 0 Å². The molecule has 0 amide bonds. The predicted molar refractivity (Wildman–Crippen MR) is 12.9 cm³/mol. The summed E-state index contributed by atoms with van der Waals surface area (Å²) in [6, 6.07) is 0. The Morgan fingerprint density at radius 2 is 1.14 bits per heavy atom. The first-order chi connectivity index (χ1) is 1.73. The first-order valence-electron chi connectivity index (χ1n) is 0.612. The van der Waals surface area contributed by atoms with E-state index in [0.29, 0.717) is 0 Å². The van der Waals surface area contributed by atoms with E-state index in [2.05, 4.69) is 0 Å². The summed E-state index contributed by atoms with van der Waals surface area (Å²) in [4.78, 5) is 0. The second-order valence-corrected chi connectivity index (χ2v) is 1.48. The third-order valence-corrected chi connectivity index (χ3v) is 0. The van der Waals surface area contributed by atoms with Gasteiger partial charge >= 0.3 is 123 Å². The van der Waals surface area contributed by atoms with Crippen LogP contribution in [-0.4, -0.2) is 91.0 Å². The predicted octanol–water partition coefficient (Wildman–Crippen LogP) is -3.38. The zero-order valence-corrected chi connectivity index (χ0v) is 13.0. The Kier molecular flexibility index (Phi) is 52.1. The molecule has 4 nitrogen and oxygen atoms in total. The van der Waals surface area contributed by atoms with Crippen molar-refractivity contribution in [3.63, 3.8) is 0 Å². The molecular weight excluding hydrogens is 330 g/mol. The van der Waals surface area contributed by atoms with Crippen molar-refractivity contribution >= 4 is 91.0 Å². The van der Waals surface area contributed by atoms with Gasteiger partial charge in [0, 0.05) is 0 Å². The maximum Gasteiger partial charge on any atom is 2.00 e. The van der Waals surface area contributed by atoms with E-state index in [-0.39, 0.29) is 96.4 Å². The van der Waals surface area contributed by atoms with Gasteiger partial charge in [0.15, 0.2) is 0 Å². The summed E-state index contributed by atoms with van der Waals surface area (Å²) in [6.07, 6.45) is 0. The molecule has 0 aromatic heterocycles. The third kappa shape index (κ3) is 43.4. The van der Waals surface area contributed by atoms with E-state index in [0.717, 1.165) is 0 Å². The van der Waals surface area contributed by atoms with Crippen LogP contribution in [0, 0.1) is 0 Å². The van der Waals surface area contributed by atoms with E-state index in [1.807, 2.05) is 0 Å². The van der Waals surface area contributed by atoms with Crippen molar-refractivity contribution in [1.82, 2.24) is 0 Å². The summed E-state index contributed by atoms with van der Waals surface area (Å²) >= 11 is -4.29. The zero-order valence-electron chi connectivity index (χ0n) is 3.55. The SMILES string of the molecule is [O-2].[O]=[Zr]([O-])[O-].[Sr+2].[Sr+2]. The fourth-order valence-corrected chi connectivity index (χ4v) is 0. The summed E-state index contributed by atoms with van der Waals surface area (Å²) in [5.74, 6) is 0. The summed E-state index contributed by atoms with van der Waals surface area (Å²) in [7, 11) is 0. The molecule has 0 aromatic rings. The smallest absolute Gasteiger partial charge is 2.00 e. The molecule has 0 unspecified atom stereocenters. The van der Waals surface area contributed by atoms with Gasteiger partial charge in [0.1, 0.15) is 0 Å². The molecule has 0 spiro atoms. The van der Waals surface area contributed by atoms with Crippen molar-refractivity contribution in [2.24, 2.45) is 0 Å². The van der Waals surface area contributed by atoms with Gasteiger partial charge in [-0.25, -0.2) is 0 Å². The molecule has 0 bridgehead atoms. The van der Waals surface area contributed by atoms with E-state index < -0.39 is 22.6 Å². The molecule has 32 valence electrons. The van der Waals surface area contributed by atoms with Crippen LogP contribution in [0.2, 0.25) is 0 Å². The molecule has 0 saturated carbocycles. The zero-order chi connectivity index (χ0) is 3.58. The summed E-state index contributed by atoms with van der Waals surface area (Å²) in [6.45, 7) is 0. The maximum atomic E-state index is 8.61. The molecule has 0 atom stereocenters. The quantitative estimate of drug-likeness (QED) is 0.434. The number of hydrogen-bond acceptors (Lipinski definition) is 3. The molecule has 0 rings (SSSR count). The molecule has 0 aliphatic carbocycles. The van der Waals surface area contributed by atoms with Crippen LogP contribution in [0.1, 0.15) is 0 Å². The minimum atomic E-state index is -4.29. The second-order valence-electron chi connectivity index (χ2n) is 0.250. The third-order valence-electron chi connectivity index (χ3n) is 0. The van der Waals surface area contributed by atoms with Gasteiger partial charge in [-0.2, -0.15) is 0 Å². The first kappa shape index (κ1) is 22.4. The van der Waals surface area contributed by atoms with Gasteiger partial charge in [-0.3, -0.25) is 0 Å². The minimum Gasteiger partial charge on any atom is 2.00 e. The molecule has 0 radical (unpaired) electrons. The Morgan fingerprint density at radius 1 is 1.14 bits per heavy atom. The Balaban J connectivity index is -0.0000000150. The molecule has 7 heteroatoms. The van der Waals surface area contributed by atoms with Crippen molar-refractivity contribution in [3.05, 3.63) is 0 Å². The monoisotopic (exact) mass is 330 g/mol. The Bertz CT molecular complexity index is 32.7. The minimum absolute atomic E-state index is 0. The molecule has 0 N–H and O–H groups in total. The molecular formula is O4Sr2Zr. The van der Waals surface area contributed by atoms with Gasteiger partial charge in [0.05, 0.1) is 0 Å². The summed E-state index contributed by atoms with van der Waals surface area (Å²) in [5, 5.41) is 0. The Labute approximate surface area is 124 Å². The van der Waals surface area contributed by atoms with Crippen molar-refractivity contribution in [3.8, 4) is 0 Å². The molecule has 0 heterocycles. The van der Waals surface area contributed by atoms with E-state index in [1.54, 1.807) is 0 Å². The summed E-state index contributed by atoms with van der Waals surface area (Å²) in [5.41, 5.74) is 0. The van der Waals surface area contributed by atoms with Crippen LogP contribution in [0.5, 0.6) is 0 Å². The molecule has 0 saturated heterocycles.